The third-order valence-corrected chi connectivity index (χ3v) is 6.75. The Bertz CT molecular complexity index is 971. The molecular formula is C18H18ClF4NO2S2. The summed E-state index contributed by atoms with van der Waals surface area (Å²) >= 11 is 9.79. The number of hydrogen-bond acceptors (Lipinski definition) is 3. The number of hydrogen-bond donors (Lipinski definition) is 2. The van der Waals surface area contributed by atoms with Gasteiger partial charge in [0.05, 0.1) is 10.1 Å². The first kappa shape index (κ1) is 23.0. The van der Waals surface area contributed by atoms with Crippen molar-refractivity contribution in [2.24, 2.45) is 0 Å². The van der Waals surface area contributed by atoms with Crippen molar-refractivity contribution in [1.29, 1.82) is 0 Å². The zero-order chi connectivity index (χ0) is 21.4. The fourth-order valence-corrected chi connectivity index (χ4v) is 5.67. The predicted molar refractivity (Wildman–Crippen MR) is 104 cm³/mol. The van der Waals surface area contributed by atoms with Crippen molar-refractivity contribution in [2.75, 3.05) is 0 Å². The van der Waals surface area contributed by atoms with Crippen molar-refractivity contribution < 1.29 is 26.0 Å². The van der Waals surface area contributed by atoms with E-state index in [2.05, 4.69) is 12.6 Å². The number of halogens is 5. The summed E-state index contributed by atoms with van der Waals surface area (Å²) in [4.78, 5) is -0.224. The van der Waals surface area contributed by atoms with Crippen LogP contribution in [-0.4, -0.2) is 20.6 Å². The van der Waals surface area contributed by atoms with E-state index in [4.69, 9.17) is 11.6 Å². The first-order chi connectivity index (χ1) is 12.7. The summed E-state index contributed by atoms with van der Waals surface area (Å²) in [6.45, 7) is 4.76. The van der Waals surface area contributed by atoms with E-state index in [0.29, 0.717) is 11.1 Å². The lowest BCUT2D eigenvalue weighted by Crippen LogP contribution is -2.48. The number of sulfonamides is 1. The zero-order valence-corrected chi connectivity index (χ0v) is 17.6. The van der Waals surface area contributed by atoms with Gasteiger partial charge in [0.15, 0.2) is 0 Å². The molecule has 10 heteroatoms. The number of alkyl halides is 3. The van der Waals surface area contributed by atoms with Crippen LogP contribution in [0.1, 0.15) is 27.5 Å². The molecule has 1 N–H and O–H groups in total. The summed E-state index contributed by atoms with van der Waals surface area (Å²) in [6.07, 6.45) is -4.97. The molecule has 2 atom stereocenters. The maximum atomic E-state index is 13.7. The smallest absolute Gasteiger partial charge is 0.207 e. The lowest BCUT2D eigenvalue weighted by Gasteiger charge is -2.28. The third-order valence-electron chi connectivity index (χ3n) is 4.11. The molecule has 0 aliphatic carbocycles. The van der Waals surface area contributed by atoms with E-state index in [0.717, 1.165) is 23.8 Å². The maximum absolute atomic E-state index is 13.7. The highest BCUT2D eigenvalue weighted by molar-refractivity contribution is 7.89. The molecule has 2 rings (SSSR count). The average Bonchev–Trinajstić information content (AvgIpc) is 2.49. The highest BCUT2D eigenvalue weighted by Crippen LogP contribution is 2.38. The van der Waals surface area contributed by atoms with Crippen molar-refractivity contribution in [1.82, 2.24) is 4.72 Å². The standard InChI is InChI=1S/C18H18ClF4NO2S2/c1-9-6-10(2)16(11(3)7-9)28(25,26)24-17(18(21,22)23)15(27)13-5-4-12(20)8-14(13)19/h4-8,15,17,24,27H,1-3H3. The number of aryl methyl sites for hydroxylation is 3. The fraction of sp³-hybridized carbons (Fsp3) is 0.333. The molecule has 0 aliphatic rings. The summed E-state index contributed by atoms with van der Waals surface area (Å²) in [7, 11) is -4.53. The first-order valence-electron chi connectivity index (χ1n) is 8.04. The van der Waals surface area contributed by atoms with E-state index in [-0.39, 0.29) is 15.5 Å². The minimum Gasteiger partial charge on any atom is -0.207 e. The van der Waals surface area contributed by atoms with E-state index in [1.165, 1.54) is 13.8 Å². The van der Waals surface area contributed by atoms with Gasteiger partial charge < -0.3 is 0 Å². The largest absolute Gasteiger partial charge is 0.406 e. The van der Waals surface area contributed by atoms with Crippen molar-refractivity contribution in [3.8, 4) is 0 Å². The van der Waals surface area contributed by atoms with Crippen LogP contribution in [0.3, 0.4) is 0 Å². The molecule has 2 aromatic rings. The molecule has 28 heavy (non-hydrogen) atoms. The van der Waals surface area contributed by atoms with Gasteiger partial charge in [0.2, 0.25) is 10.0 Å². The van der Waals surface area contributed by atoms with Gasteiger partial charge in [0.25, 0.3) is 0 Å². The Balaban J connectivity index is 2.51. The van der Waals surface area contributed by atoms with Crippen LogP contribution in [-0.2, 0) is 10.0 Å². The zero-order valence-electron chi connectivity index (χ0n) is 15.1. The minimum atomic E-state index is -4.97. The molecule has 0 saturated carbocycles. The Hall–Kier alpha value is -1.29. The number of nitrogens with one attached hydrogen (secondary N) is 1. The summed E-state index contributed by atoms with van der Waals surface area (Å²) in [5.41, 5.74) is 1.28. The Morgan fingerprint density at radius 1 is 1.07 bits per heavy atom. The van der Waals surface area contributed by atoms with Crippen molar-refractivity contribution >= 4 is 34.3 Å². The van der Waals surface area contributed by atoms with Crippen LogP contribution in [0.2, 0.25) is 5.02 Å². The fourth-order valence-electron chi connectivity index (χ4n) is 3.05. The third kappa shape index (κ3) is 5.00. The molecule has 0 aliphatic heterocycles. The van der Waals surface area contributed by atoms with E-state index in [1.807, 2.05) is 0 Å². The van der Waals surface area contributed by atoms with Gasteiger partial charge in [-0.2, -0.15) is 30.5 Å². The summed E-state index contributed by atoms with van der Waals surface area (Å²) in [6, 6.07) is 3.38. The van der Waals surface area contributed by atoms with Gasteiger partial charge in [-0.25, -0.2) is 12.8 Å². The van der Waals surface area contributed by atoms with Crippen LogP contribution in [0.15, 0.2) is 35.2 Å². The second-order valence-corrected chi connectivity index (χ2v) is 9.09. The molecule has 0 radical (unpaired) electrons. The van der Waals surface area contributed by atoms with Crippen LogP contribution in [0.5, 0.6) is 0 Å². The Morgan fingerprint density at radius 3 is 2.07 bits per heavy atom. The molecule has 0 amide bonds. The molecule has 2 unspecified atom stereocenters. The van der Waals surface area contributed by atoms with Gasteiger partial charge in [-0.05, 0) is 49.6 Å². The molecule has 2 aromatic carbocycles. The van der Waals surface area contributed by atoms with E-state index >= 15 is 0 Å². The van der Waals surface area contributed by atoms with Crippen LogP contribution in [0, 0.1) is 26.6 Å². The van der Waals surface area contributed by atoms with Gasteiger partial charge >= 0.3 is 6.18 Å². The number of rotatable bonds is 5. The molecule has 0 heterocycles. The Morgan fingerprint density at radius 2 is 1.61 bits per heavy atom. The van der Waals surface area contributed by atoms with Crippen LogP contribution >= 0.6 is 24.2 Å². The van der Waals surface area contributed by atoms with E-state index < -0.39 is 33.3 Å². The quantitative estimate of drug-likeness (QED) is 0.475. The van der Waals surface area contributed by atoms with Crippen LogP contribution < -0.4 is 4.72 Å². The first-order valence-corrected chi connectivity index (χ1v) is 10.4. The summed E-state index contributed by atoms with van der Waals surface area (Å²) < 4.78 is 81.5. The molecule has 3 nitrogen and oxygen atoms in total. The number of benzene rings is 2. The van der Waals surface area contributed by atoms with Gasteiger partial charge in [-0.1, -0.05) is 35.4 Å². The molecule has 0 saturated heterocycles. The van der Waals surface area contributed by atoms with Crippen molar-refractivity contribution in [3.63, 3.8) is 0 Å². The Kier molecular flexibility index (Phi) is 6.75. The molecular weight excluding hydrogens is 438 g/mol. The summed E-state index contributed by atoms with van der Waals surface area (Å²) in [5, 5.41) is -1.97. The van der Waals surface area contributed by atoms with Gasteiger partial charge in [0.1, 0.15) is 11.9 Å². The molecule has 0 spiro atoms. The molecule has 154 valence electrons. The number of thiol groups is 1. The monoisotopic (exact) mass is 455 g/mol. The van der Waals surface area contributed by atoms with Gasteiger partial charge in [-0.15, -0.1) is 0 Å². The highest BCUT2D eigenvalue weighted by Gasteiger charge is 2.47. The second kappa shape index (κ2) is 8.22. The topological polar surface area (TPSA) is 46.2 Å². The lowest BCUT2D eigenvalue weighted by molar-refractivity contribution is -0.151. The normalized spacial score (nSPS) is 14.8. The van der Waals surface area contributed by atoms with Crippen molar-refractivity contribution in [2.45, 2.75) is 43.1 Å². The molecule has 0 aromatic heterocycles. The Labute approximate surface area is 171 Å². The lowest BCUT2D eigenvalue weighted by atomic mass is 10.1. The summed E-state index contributed by atoms with van der Waals surface area (Å²) in [5.74, 6) is -0.732. The van der Waals surface area contributed by atoms with Gasteiger partial charge in [0, 0.05) is 5.02 Å². The minimum absolute atomic E-state index is 0.145. The highest BCUT2D eigenvalue weighted by atomic mass is 35.5. The second-order valence-electron chi connectivity index (χ2n) is 6.48. The molecule has 0 bridgehead atoms. The average molecular weight is 456 g/mol. The van der Waals surface area contributed by atoms with Crippen molar-refractivity contribution in [3.05, 3.63) is 63.4 Å². The molecule has 0 fully saturated rings. The van der Waals surface area contributed by atoms with E-state index in [1.54, 1.807) is 23.8 Å². The maximum Gasteiger partial charge on any atom is 0.406 e. The van der Waals surface area contributed by atoms with Crippen LogP contribution in [0.25, 0.3) is 0 Å². The van der Waals surface area contributed by atoms with Crippen LogP contribution in [0.4, 0.5) is 17.6 Å². The SMILES string of the molecule is Cc1cc(C)c(S(=O)(=O)NC(C(S)c2ccc(F)cc2Cl)C(F)(F)F)c(C)c1. The predicted octanol–water partition coefficient (Wildman–Crippen LogP) is 5.28. The van der Waals surface area contributed by atoms with Gasteiger partial charge in [-0.3, -0.25) is 0 Å². The van der Waals surface area contributed by atoms with E-state index in [9.17, 15) is 26.0 Å².